The molecule has 0 radical (unpaired) electrons. The van der Waals surface area contributed by atoms with Crippen LogP contribution < -0.4 is 0 Å². The fourth-order valence-electron chi connectivity index (χ4n) is 0.0295. The third-order valence-corrected chi connectivity index (χ3v) is 0.397. The minimum atomic E-state index is -1.19. The molecule has 9 heavy (non-hydrogen) atoms. The molecular formula is C4H6O5. The molecular weight excluding hydrogens is 128 g/mol. The van der Waals surface area contributed by atoms with Gasteiger partial charge in [-0.3, -0.25) is 0 Å². The van der Waals surface area contributed by atoms with Crippen LogP contribution in [0, 0.1) is 0 Å². The maximum absolute atomic E-state index is 9.33. The number of aliphatic carboxylic acids is 1. The fourth-order valence-corrected chi connectivity index (χ4v) is 0.0295. The lowest BCUT2D eigenvalue weighted by Crippen LogP contribution is -1.98. The smallest absolute Gasteiger partial charge is 0.344 e. The first-order valence-electron chi connectivity index (χ1n) is 2.15. The number of hydrogen-bond donors (Lipinski definition) is 2. The van der Waals surface area contributed by atoms with E-state index in [1.807, 2.05) is 0 Å². The number of aliphatic hydroxyl groups excluding tert-OH is 1. The molecule has 0 aromatic carbocycles. The van der Waals surface area contributed by atoms with Crippen LogP contribution >= 0.6 is 0 Å². The minimum Gasteiger partial charge on any atom is -0.480 e. The van der Waals surface area contributed by atoms with Gasteiger partial charge >= 0.3 is 11.9 Å². The van der Waals surface area contributed by atoms with Gasteiger partial charge in [0.05, 0.1) is 0 Å². The molecule has 1 rings (SSSR count). The highest BCUT2D eigenvalue weighted by Gasteiger charge is 2.15. The van der Waals surface area contributed by atoms with Crippen molar-refractivity contribution in [2.45, 2.75) is 0 Å². The van der Waals surface area contributed by atoms with Crippen LogP contribution in [0.15, 0.2) is 0 Å². The van der Waals surface area contributed by atoms with Crippen molar-refractivity contribution in [3.8, 4) is 0 Å². The highest BCUT2D eigenvalue weighted by atomic mass is 16.6. The molecule has 5 heteroatoms. The third kappa shape index (κ3) is 10.9. The van der Waals surface area contributed by atoms with Crippen LogP contribution in [-0.4, -0.2) is 35.4 Å². The molecule has 0 amide bonds. The summed E-state index contributed by atoms with van der Waals surface area (Å²) >= 11 is 0. The van der Waals surface area contributed by atoms with Crippen LogP contribution in [0.3, 0.4) is 0 Å². The van der Waals surface area contributed by atoms with E-state index < -0.39 is 12.6 Å². The van der Waals surface area contributed by atoms with Gasteiger partial charge in [0, 0.05) is 0 Å². The average Bonchev–Trinajstić information content (AvgIpc) is 2.53. The van der Waals surface area contributed by atoms with E-state index >= 15 is 0 Å². The van der Waals surface area contributed by atoms with E-state index in [0.29, 0.717) is 6.61 Å². The Morgan fingerprint density at radius 3 is 2.00 bits per heavy atom. The number of carboxylic acids is 1. The molecule has 1 fully saturated rings. The second-order valence-electron chi connectivity index (χ2n) is 1.21. The highest BCUT2D eigenvalue weighted by Crippen LogP contribution is 1.90. The lowest BCUT2D eigenvalue weighted by molar-refractivity contribution is -0.140. The molecule has 0 aromatic rings. The van der Waals surface area contributed by atoms with E-state index in [9.17, 15) is 4.79 Å². The molecule has 0 aliphatic carbocycles. The number of aliphatic hydroxyl groups is 1. The van der Waals surface area contributed by atoms with E-state index in [1.165, 1.54) is 0 Å². The average molecular weight is 134 g/mol. The summed E-state index contributed by atoms with van der Waals surface area (Å²) in [4.78, 5) is 18.5. The van der Waals surface area contributed by atoms with E-state index in [4.69, 9.17) is 15.0 Å². The predicted molar refractivity (Wildman–Crippen MR) is 25.7 cm³/mol. The van der Waals surface area contributed by atoms with Crippen molar-refractivity contribution in [3.05, 3.63) is 0 Å². The summed E-state index contributed by atoms with van der Waals surface area (Å²) in [6.07, 6.45) is 0. The first-order chi connectivity index (χ1) is 4.16. The van der Waals surface area contributed by atoms with Gasteiger partial charge in [-0.25, -0.2) is 9.59 Å². The number of rotatable bonds is 1. The van der Waals surface area contributed by atoms with E-state index in [2.05, 4.69) is 4.74 Å². The van der Waals surface area contributed by atoms with Crippen LogP contribution in [0.5, 0.6) is 0 Å². The summed E-state index contributed by atoms with van der Waals surface area (Å²) in [7, 11) is 0. The number of ether oxygens (including phenoxy) is 1. The van der Waals surface area contributed by atoms with Crippen LogP contribution in [0.2, 0.25) is 0 Å². The van der Waals surface area contributed by atoms with Crippen molar-refractivity contribution >= 4 is 11.9 Å². The second kappa shape index (κ2) is 3.85. The first kappa shape index (κ1) is 7.90. The summed E-state index contributed by atoms with van der Waals surface area (Å²) in [5, 5.41) is 15.0. The van der Waals surface area contributed by atoms with Crippen LogP contribution in [0.25, 0.3) is 0 Å². The zero-order valence-corrected chi connectivity index (χ0v) is 4.53. The van der Waals surface area contributed by atoms with Crippen molar-refractivity contribution in [2.75, 3.05) is 13.2 Å². The number of hydrogen-bond acceptors (Lipinski definition) is 4. The molecule has 1 heterocycles. The van der Waals surface area contributed by atoms with Gasteiger partial charge in [0.15, 0.2) is 6.61 Å². The van der Waals surface area contributed by atoms with Gasteiger partial charge in [-0.2, -0.15) is 0 Å². The Labute approximate surface area is 50.9 Å². The van der Waals surface area contributed by atoms with Gasteiger partial charge in [-0.1, -0.05) is 0 Å². The predicted octanol–water partition coefficient (Wildman–Crippen LogP) is -1.39. The van der Waals surface area contributed by atoms with Gasteiger partial charge in [0.25, 0.3) is 0 Å². The topological polar surface area (TPSA) is 87.1 Å². The molecule has 0 unspecified atom stereocenters. The summed E-state index contributed by atoms with van der Waals surface area (Å²) < 4.78 is 4.07. The van der Waals surface area contributed by atoms with Gasteiger partial charge in [0.1, 0.15) is 6.61 Å². The lowest BCUT2D eigenvalue weighted by Gasteiger charge is -1.72. The molecule has 0 bridgehead atoms. The van der Waals surface area contributed by atoms with Crippen molar-refractivity contribution in [2.24, 2.45) is 0 Å². The summed E-state index contributed by atoms with van der Waals surface area (Å²) in [5.74, 6) is -1.27. The zero-order chi connectivity index (χ0) is 7.28. The Hall–Kier alpha value is -1.10. The molecule has 5 nitrogen and oxygen atoms in total. The molecule has 1 saturated heterocycles. The SMILES string of the molecule is O=C(O)CO.O=C1CO1. The Bertz CT molecular complexity index is 112. The summed E-state index contributed by atoms with van der Waals surface area (Å²) in [5.41, 5.74) is 0. The molecule has 0 aromatic heterocycles. The quantitative estimate of drug-likeness (QED) is 0.431. The molecule has 1 aliphatic rings. The maximum atomic E-state index is 9.33. The van der Waals surface area contributed by atoms with Gasteiger partial charge in [-0.15, -0.1) is 0 Å². The third-order valence-electron chi connectivity index (χ3n) is 0.397. The van der Waals surface area contributed by atoms with E-state index in [-0.39, 0.29) is 5.97 Å². The molecule has 0 atom stereocenters. The van der Waals surface area contributed by atoms with Crippen molar-refractivity contribution in [1.29, 1.82) is 0 Å². The largest absolute Gasteiger partial charge is 0.480 e. The van der Waals surface area contributed by atoms with Crippen LogP contribution in [0.1, 0.15) is 0 Å². The minimum absolute atomic E-state index is 0.0833. The maximum Gasteiger partial charge on any atom is 0.344 e. The monoisotopic (exact) mass is 134 g/mol. The molecule has 2 N–H and O–H groups in total. The fraction of sp³-hybridized carbons (Fsp3) is 0.500. The van der Waals surface area contributed by atoms with Crippen molar-refractivity contribution in [3.63, 3.8) is 0 Å². The molecule has 1 aliphatic heterocycles. The van der Waals surface area contributed by atoms with Crippen LogP contribution in [-0.2, 0) is 14.3 Å². The molecule has 52 valence electrons. The second-order valence-corrected chi connectivity index (χ2v) is 1.21. The van der Waals surface area contributed by atoms with Gasteiger partial charge in [0.2, 0.25) is 0 Å². The summed E-state index contributed by atoms with van der Waals surface area (Å²) in [6.45, 7) is -0.431. The number of epoxide rings is 1. The first-order valence-corrected chi connectivity index (χ1v) is 2.15. The highest BCUT2D eigenvalue weighted by molar-refractivity contribution is 5.82. The molecule has 0 spiro atoms. The Balaban J connectivity index is 0.000000144. The van der Waals surface area contributed by atoms with E-state index in [1.54, 1.807) is 0 Å². The normalized spacial score (nSPS) is 12.8. The number of carboxylic acid groups (broad SMARTS) is 1. The Kier molecular flexibility index (Phi) is 3.38. The Morgan fingerprint density at radius 1 is 1.78 bits per heavy atom. The van der Waals surface area contributed by atoms with E-state index in [0.717, 1.165) is 0 Å². The lowest BCUT2D eigenvalue weighted by atomic mass is 10.8. The Morgan fingerprint density at radius 2 is 2.00 bits per heavy atom. The standard InChI is InChI=1S/C2H4O3.C2H2O2/c3-1-2(4)5;3-2-1-4-2/h3H,1H2,(H,4,5);1H2. The summed E-state index contributed by atoms with van der Waals surface area (Å²) in [6, 6.07) is 0. The zero-order valence-electron chi connectivity index (χ0n) is 4.53. The van der Waals surface area contributed by atoms with Crippen LogP contribution in [0.4, 0.5) is 0 Å². The van der Waals surface area contributed by atoms with Crippen molar-refractivity contribution < 1.29 is 24.5 Å². The number of carbonyl (C=O) groups is 2. The number of carbonyl (C=O) groups excluding carboxylic acids is 1. The molecule has 0 saturated carbocycles. The van der Waals surface area contributed by atoms with Gasteiger partial charge in [-0.05, 0) is 0 Å². The number of cyclic esters (lactones) is 1. The van der Waals surface area contributed by atoms with Crippen molar-refractivity contribution in [1.82, 2.24) is 0 Å². The van der Waals surface area contributed by atoms with Gasteiger partial charge < -0.3 is 14.9 Å².